The van der Waals surface area contributed by atoms with Crippen LogP contribution in [0.5, 0.6) is 17.4 Å². The molecule has 0 fully saturated rings. The Balaban J connectivity index is 1.43. The van der Waals surface area contributed by atoms with E-state index in [1.54, 1.807) is 20.4 Å². The van der Waals surface area contributed by atoms with E-state index in [-0.39, 0.29) is 6.10 Å². The molecule has 0 amide bonds. The van der Waals surface area contributed by atoms with Gasteiger partial charge in [-0.05, 0) is 48.2 Å². The number of fused-ring (bicyclic) bond motifs is 2. The van der Waals surface area contributed by atoms with Crippen LogP contribution in [0, 0.1) is 0 Å². The largest absolute Gasteiger partial charge is 0.493 e. The lowest BCUT2D eigenvalue weighted by Gasteiger charge is -2.28. The van der Waals surface area contributed by atoms with Crippen molar-refractivity contribution in [3.8, 4) is 17.4 Å². The lowest BCUT2D eigenvalue weighted by molar-refractivity contribution is 0.168. The first-order valence-electron chi connectivity index (χ1n) is 9.87. The van der Waals surface area contributed by atoms with Crippen LogP contribution in [-0.2, 0) is 13.0 Å². The molecule has 4 aromatic rings. The van der Waals surface area contributed by atoms with Crippen molar-refractivity contribution in [2.24, 2.45) is 0 Å². The number of rotatable bonds is 5. The monoisotopic (exact) mass is 402 g/mol. The van der Waals surface area contributed by atoms with E-state index in [0.29, 0.717) is 12.4 Å². The molecule has 3 aromatic heterocycles. The Labute approximate surface area is 174 Å². The van der Waals surface area contributed by atoms with Crippen LogP contribution in [0.3, 0.4) is 0 Å². The van der Waals surface area contributed by atoms with E-state index in [4.69, 9.17) is 14.2 Å². The number of benzene rings is 1. The van der Waals surface area contributed by atoms with Gasteiger partial charge in [0.25, 0.3) is 0 Å². The highest BCUT2D eigenvalue weighted by Gasteiger charge is 2.25. The highest BCUT2D eigenvalue weighted by Crippen LogP contribution is 2.42. The molecule has 0 saturated heterocycles. The third-order valence-electron chi connectivity index (χ3n) is 5.41. The van der Waals surface area contributed by atoms with E-state index in [0.717, 1.165) is 52.2 Å². The third kappa shape index (κ3) is 3.32. The normalized spacial score (nSPS) is 15.5. The van der Waals surface area contributed by atoms with Crippen molar-refractivity contribution in [2.45, 2.75) is 25.5 Å². The summed E-state index contributed by atoms with van der Waals surface area (Å²) in [6, 6.07) is 11.9. The minimum Gasteiger partial charge on any atom is -0.493 e. The molecule has 0 N–H and O–H groups in total. The van der Waals surface area contributed by atoms with Gasteiger partial charge in [-0.3, -0.25) is 0 Å². The van der Waals surface area contributed by atoms with Gasteiger partial charge in [0.15, 0.2) is 17.1 Å². The third-order valence-corrected chi connectivity index (χ3v) is 5.41. The summed E-state index contributed by atoms with van der Waals surface area (Å²) in [4.78, 5) is 13.2. The molecule has 152 valence electrons. The lowest BCUT2D eigenvalue weighted by atomic mass is 9.96. The Bertz CT molecular complexity index is 1170. The van der Waals surface area contributed by atoms with Crippen molar-refractivity contribution in [2.75, 3.05) is 14.2 Å². The summed E-state index contributed by atoms with van der Waals surface area (Å²) in [7, 11) is 3.29. The fourth-order valence-electron chi connectivity index (χ4n) is 3.92. The molecule has 1 atom stereocenters. The minimum absolute atomic E-state index is 0.0579. The van der Waals surface area contributed by atoms with Gasteiger partial charge >= 0.3 is 0 Å². The van der Waals surface area contributed by atoms with Crippen molar-refractivity contribution in [3.63, 3.8) is 0 Å². The fraction of sp³-hybridized carbons (Fsp3) is 0.261. The predicted molar refractivity (Wildman–Crippen MR) is 112 cm³/mol. The lowest BCUT2D eigenvalue weighted by Crippen LogP contribution is -2.16. The molecule has 30 heavy (non-hydrogen) atoms. The van der Waals surface area contributed by atoms with Gasteiger partial charge in [-0.2, -0.15) is 0 Å². The molecule has 0 aliphatic carbocycles. The first kappa shape index (κ1) is 18.4. The Kier molecular flexibility index (Phi) is 4.71. The summed E-state index contributed by atoms with van der Waals surface area (Å²) in [6.45, 7) is 0.670. The molecule has 0 radical (unpaired) electrons. The predicted octanol–water partition coefficient (Wildman–Crippen LogP) is 3.96. The molecule has 1 unspecified atom stereocenters. The molecule has 7 heteroatoms. The van der Waals surface area contributed by atoms with Crippen LogP contribution < -0.4 is 14.2 Å². The number of nitrogens with zero attached hydrogens (tertiary/aromatic N) is 4. The van der Waals surface area contributed by atoms with Crippen molar-refractivity contribution in [1.29, 1.82) is 0 Å². The zero-order valence-corrected chi connectivity index (χ0v) is 16.9. The molecule has 7 nitrogen and oxygen atoms in total. The smallest absolute Gasteiger partial charge is 0.212 e. The van der Waals surface area contributed by atoms with Gasteiger partial charge in [-0.25, -0.2) is 15.0 Å². The molecular weight excluding hydrogens is 380 g/mol. The summed E-state index contributed by atoms with van der Waals surface area (Å²) in [5.74, 6) is 2.15. The minimum atomic E-state index is -0.0579. The van der Waals surface area contributed by atoms with Gasteiger partial charge in [-0.15, -0.1) is 0 Å². The maximum absolute atomic E-state index is 6.34. The number of imidazole rings is 1. The van der Waals surface area contributed by atoms with Crippen LogP contribution in [0.4, 0.5) is 0 Å². The van der Waals surface area contributed by atoms with E-state index < -0.39 is 0 Å². The number of ether oxygens (including phenoxy) is 3. The highest BCUT2D eigenvalue weighted by molar-refractivity contribution is 5.70. The number of hydrogen-bond acceptors (Lipinski definition) is 6. The zero-order valence-electron chi connectivity index (χ0n) is 16.9. The molecule has 4 heterocycles. The number of pyridine rings is 2. The van der Waals surface area contributed by atoms with Gasteiger partial charge in [0.05, 0.1) is 27.1 Å². The number of aromatic nitrogens is 4. The molecule has 1 aliphatic rings. The molecule has 1 aromatic carbocycles. The molecule has 0 saturated carbocycles. The Hall–Kier alpha value is -3.61. The zero-order chi connectivity index (χ0) is 20.5. The SMILES string of the molecule is COc1ccc(C2CCc3cc(Cn4cnc5cccnc54)cc(OC)c3O2)cn1. The summed E-state index contributed by atoms with van der Waals surface area (Å²) >= 11 is 0. The molecule has 1 aliphatic heterocycles. The molecule has 0 bridgehead atoms. The second-order valence-electron chi connectivity index (χ2n) is 7.28. The second kappa shape index (κ2) is 7.67. The Morgan fingerprint density at radius 3 is 2.83 bits per heavy atom. The summed E-state index contributed by atoms with van der Waals surface area (Å²) in [5, 5.41) is 0. The van der Waals surface area contributed by atoms with Crippen LogP contribution in [0.25, 0.3) is 11.2 Å². The van der Waals surface area contributed by atoms with Gasteiger partial charge in [0.2, 0.25) is 5.88 Å². The maximum atomic E-state index is 6.34. The van der Waals surface area contributed by atoms with Gasteiger partial charge in [-0.1, -0.05) is 6.07 Å². The Morgan fingerprint density at radius 1 is 1.10 bits per heavy atom. The van der Waals surface area contributed by atoms with Crippen molar-refractivity contribution in [1.82, 2.24) is 19.5 Å². The first-order valence-corrected chi connectivity index (χ1v) is 9.87. The van der Waals surface area contributed by atoms with Crippen LogP contribution in [0.1, 0.15) is 29.2 Å². The Morgan fingerprint density at radius 2 is 2.03 bits per heavy atom. The van der Waals surface area contributed by atoms with Gasteiger partial charge in [0.1, 0.15) is 11.6 Å². The van der Waals surface area contributed by atoms with Crippen molar-refractivity contribution < 1.29 is 14.2 Å². The highest BCUT2D eigenvalue weighted by atomic mass is 16.5. The average molecular weight is 402 g/mol. The quantitative estimate of drug-likeness (QED) is 0.503. The molecule has 5 rings (SSSR count). The molecular formula is C23H22N4O3. The second-order valence-corrected chi connectivity index (χ2v) is 7.28. The van der Waals surface area contributed by atoms with Crippen LogP contribution in [0.15, 0.2) is 55.1 Å². The first-order chi connectivity index (χ1) is 14.7. The standard InChI is InChI=1S/C23H22N4O3/c1-28-20-11-15(13-27-14-26-18-4-3-9-24-23(18)27)10-16-5-7-19(30-22(16)20)17-6-8-21(29-2)25-12-17/h3-4,6,8-12,14,19H,5,7,13H2,1-2H3. The average Bonchev–Trinajstić information content (AvgIpc) is 3.21. The molecule has 0 spiro atoms. The van der Waals surface area contributed by atoms with Crippen molar-refractivity contribution >= 4 is 11.2 Å². The van der Waals surface area contributed by atoms with Gasteiger partial charge in [0, 0.05) is 24.0 Å². The maximum Gasteiger partial charge on any atom is 0.212 e. The van der Waals surface area contributed by atoms with E-state index in [1.807, 2.05) is 47.4 Å². The van der Waals surface area contributed by atoms with E-state index in [2.05, 4.69) is 21.0 Å². The topological polar surface area (TPSA) is 71.3 Å². The van der Waals surface area contributed by atoms with Crippen LogP contribution in [-0.4, -0.2) is 33.7 Å². The number of methoxy groups -OCH3 is 2. The van der Waals surface area contributed by atoms with E-state index in [1.165, 1.54) is 0 Å². The fourth-order valence-corrected chi connectivity index (χ4v) is 3.92. The van der Waals surface area contributed by atoms with Crippen molar-refractivity contribution in [3.05, 3.63) is 71.8 Å². The van der Waals surface area contributed by atoms with Crippen LogP contribution >= 0.6 is 0 Å². The van der Waals surface area contributed by atoms with E-state index in [9.17, 15) is 0 Å². The van der Waals surface area contributed by atoms with Gasteiger partial charge < -0.3 is 18.8 Å². The number of aryl methyl sites for hydroxylation is 1. The summed E-state index contributed by atoms with van der Waals surface area (Å²) in [5.41, 5.74) is 5.07. The summed E-state index contributed by atoms with van der Waals surface area (Å²) in [6.07, 6.45) is 7.15. The number of hydrogen-bond donors (Lipinski definition) is 0. The summed E-state index contributed by atoms with van der Waals surface area (Å²) < 4.78 is 19.2. The van der Waals surface area contributed by atoms with E-state index >= 15 is 0 Å². The van der Waals surface area contributed by atoms with Crippen LogP contribution in [0.2, 0.25) is 0 Å².